The molecule has 0 radical (unpaired) electrons. The molecule has 1 aromatic heterocycles. The summed E-state index contributed by atoms with van der Waals surface area (Å²) >= 11 is 0. The maximum atomic E-state index is 9.04. The minimum absolute atomic E-state index is 0.119. The molecule has 0 aliphatic rings. The van der Waals surface area contributed by atoms with Gasteiger partial charge in [0.1, 0.15) is 6.07 Å². The third kappa shape index (κ3) is 4.07. The van der Waals surface area contributed by atoms with Crippen molar-refractivity contribution in [2.45, 2.75) is 33.1 Å². The van der Waals surface area contributed by atoms with Gasteiger partial charge < -0.3 is 4.42 Å². The van der Waals surface area contributed by atoms with Crippen molar-refractivity contribution in [1.29, 1.82) is 5.26 Å². The van der Waals surface area contributed by atoms with E-state index in [1.54, 1.807) is 13.1 Å². The van der Waals surface area contributed by atoms with Gasteiger partial charge >= 0.3 is 0 Å². The number of nitrogens with one attached hydrogen (secondary N) is 1. The van der Waals surface area contributed by atoms with Crippen molar-refractivity contribution in [2.24, 2.45) is 5.10 Å². The molecule has 23 heavy (non-hydrogen) atoms. The molecule has 118 valence electrons. The number of hydrogen-bond donors (Lipinski definition) is 1. The van der Waals surface area contributed by atoms with Crippen LogP contribution in [0.3, 0.4) is 0 Å². The van der Waals surface area contributed by atoms with Crippen molar-refractivity contribution in [3.8, 4) is 6.07 Å². The molecule has 5 heteroatoms. The van der Waals surface area contributed by atoms with E-state index in [0.29, 0.717) is 11.5 Å². The van der Waals surface area contributed by atoms with Crippen LogP contribution in [0.2, 0.25) is 0 Å². The molecule has 0 saturated heterocycles. The van der Waals surface area contributed by atoms with Gasteiger partial charge in [-0.2, -0.15) is 15.3 Å². The van der Waals surface area contributed by atoms with Crippen LogP contribution in [0.25, 0.3) is 5.57 Å². The van der Waals surface area contributed by atoms with Gasteiger partial charge in [0.05, 0.1) is 6.21 Å². The summed E-state index contributed by atoms with van der Waals surface area (Å²) in [5.74, 6) is 0.543. The molecule has 5 nitrogen and oxygen atoms in total. The molecule has 0 spiro atoms. The van der Waals surface area contributed by atoms with E-state index in [0.717, 1.165) is 5.56 Å². The Morgan fingerprint density at radius 2 is 2.00 bits per heavy atom. The van der Waals surface area contributed by atoms with Gasteiger partial charge in [-0.15, -0.1) is 0 Å². The van der Waals surface area contributed by atoms with E-state index in [-0.39, 0.29) is 17.0 Å². The molecule has 2 rings (SSSR count). The number of nitriles is 1. The molecule has 0 aliphatic carbocycles. The standard InChI is InChI=1S/C18H20N4O/c1-12(2)16-21-15(10-19)17(23-16)22-20-11-13-6-8-14(9-7-13)18(3,4)5/h6-9,11,22H,1H2,2-5H3/b20-11+. The van der Waals surface area contributed by atoms with E-state index in [1.807, 2.05) is 18.2 Å². The molecule has 1 aromatic carbocycles. The zero-order valence-electron chi connectivity index (χ0n) is 13.8. The summed E-state index contributed by atoms with van der Waals surface area (Å²) in [6.07, 6.45) is 1.66. The lowest BCUT2D eigenvalue weighted by Gasteiger charge is -2.18. The maximum absolute atomic E-state index is 9.04. The topological polar surface area (TPSA) is 74.2 Å². The zero-order chi connectivity index (χ0) is 17.0. The normalized spacial score (nSPS) is 11.4. The number of anilines is 1. The molecular weight excluding hydrogens is 288 g/mol. The fourth-order valence-electron chi connectivity index (χ4n) is 1.89. The van der Waals surface area contributed by atoms with E-state index in [4.69, 9.17) is 9.68 Å². The predicted octanol–water partition coefficient (Wildman–Crippen LogP) is 4.32. The van der Waals surface area contributed by atoms with Crippen LogP contribution < -0.4 is 5.43 Å². The fourth-order valence-corrected chi connectivity index (χ4v) is 1.89. The van der Waals surface area contributed by atoms with Gasteiger partial charge in [0.25, 0.3) is 5.88 Å². The van der Waals surface area contributed by atoms with Crippen LogP contribution in [0.15, 0.2) is 40.4 Å². The molecular formula is C18H20N4O. The third-order valence-electron chi connectivity index (χ3n) is 3.25. The summed E-state index contributed by atoms with van der Waals surface area (Å²) in [5.41, 5.74) is 5.84. The van der Waals surface area contributed by atoms with Crippen LogP contribution in [0, 0.1) is 11.3 Å². The third-order valence-corrected chi connectivity index (χ3v) is 3.25. The van der Waals surface area contributed by atoms with Gasteiger partial charge in [0.15, 0.2) is 0 Å². The van der Waals surface area contributed by atoms with E-state index in [2.05, 4.69) is 55.0 Å². The second-order valence-corrected chi connectivity index (χ2v) is 6.33. The van der Waals surface area contributed by atoms with Gasteiger partial charge in [-0.25, -0.2) is 5.43 Å². The zero-order valence-corrected chi connectivity index (χ0v) is 13.8. The first kappa shape index (κ1) is 16.5. The number of aromatic nitrogens is 1. The van der Waals surface area contributed by atoms with Crippen LogP contribution in [0.1, 0.15) is 50.4 Å². The van der Waals surface area contributed by atoms with Crippen molar-refractivity contribution < 1.29 is 4.42 Å². The molecule has 0 aliphatic heterocycles. The number of nitrogens with zero attached hydrogens (tertiary/aromatic N) is 3. The second kappa shape index (κ2) is 6.49. The van der Waals surface area contributed by atoms with Gasteiger partial charge in [-0.05, 0) is 23.5 Å². The average molecular weight is 308 g/mol. The first-order valence-electron chi connectivity index (χ1n) is 7.27. The van der Waals surface area contributed by atoms with Crippen molar-refractivity contribution in [3.05, 3.63) is 53.6 Å². The van der Waals surface area contributed by atoms with Crippen LogP contribution in [-0.4, -0.2) is 11.2 Å². The highest BCUT2D eigenvalue weighted by atomic mass is 16.4. The summed E-state index contributed by atoms with van der Waals surface area (Å²) < 4.78 is 5.41. The second-order valence-electron chi connectivity index (χ2n) is 6.33. The first-order valence-corrected chi connectivity index (χ1v) is 7.27. The summed E-state index contributed by atoms with van der Waals surface area (Å²) in [5, 5.41) is 13.1. The number of hydrazone groups is 1. The lowest BCUT2D eigenvalue weighted by atomic mass is 9.87. The Bertz CT molecular complexity index is 771. The molecule has 2 aromatic rings. The molecule has 0 unspecified atom stereocenters. The first-order chi connectivity index (χ1) is 10.8. The Kier molecular flexibility index (Phi) is 4.65. The highest BCUT2D eigenvalue weighted by Gasteiger charge is 2.13. The average Bonchev–Trinajstić information content (AvgIpc) is 2.90. The van der Waals surface area contributed by atoms with E-state index < -0.39 is 0 Å². The van der Waals surface area contributed by atoms with Crippen LogP contribution in [0.5, 0.6) is 0 Å². The van der Waals surface area contributed by atoms with Gasteiger partial charge in [-0.3, -0.25) is 0 Å². The fraction of sp³-hybridized carbons (Fsp3) is 0.278. The Morgan fingerprint density at radius 3 is 2.52 bits per heavy atom. The predicted molar refractivity (Wildman–Crippen MR) is 92.3 cm³/mol. The number of allylic oxidation sites excluding steroid dienone is 1. The molecule has 0 amide bonds. The monoisotopic (exact) mass is 308 g/mol. The number of oxazole rings is 1. The summed E-state index contributed by atoms with van der Waals surface area (Å²) in [6, 6.07) is 10.1. The highest BCUT2D eigenvalue weighted by Crippen LogP contribution is 2.22. The number of benzene rings is 1. The SMILES string of the molecule is C=C(C)c1nc(C#N)c(N/N=C/c2ccc(C(C)(C)C)cc2)o1. The lowest BCUT2D eigenvalue weighted by Crippen LogP contribution is -2.10. The van der Waals surface area contributed by atoms with Gasteiger partial charge in [0, 0.05) is 5.57 Å². The Hall–Kier alpha value is -2.87. The van der Waals surface area contributed by atoms with Crippen LogP contribution in [0.4, 0.5) is 5.88 Å². The van der Waals surface area contributed by atoms with Crippen molar-refractivity contribution in [3.63, 3.8) is 0 Å². The van der Waals surface area contributed by atoms with E-state index in [1.165, 1.54) is 5.56 Å². The van der Waals surface area contributed by atoms with Gasteiger partial charge in [-0.1, -0.05) is 51.6 Å². The van der Waals surface area contributed by atoms with Crippen molar-refractivity contribution in [2.75, 3.05) is 5.43 Å². The van der Waals surface area contributed by atoms with E-state index in [9.17, 15) is 0 Å². The Balaban J connectivity index is 2.10. The lowest BCUT2D eigenvalue weighted by molar-refractivity contribution is 0.554. The Labute approximate surface area is 136 Å². The van der Waals surface area contributed by atoms with Crippen molar-refractivity contribution >= 4 is 17.7 Å². The summed E-state index contributed by atoms with van der Waals surface area (Å²) in [7, 11) is 0. The van der Waals surface area contributed by atoms with Gasteiger partial charge in [0.2, 0.25) is 11.6 Å². The maximum Gasteiger partial charge on any atom is 0.252 e. The smallest absolute Gasteiger partial charge is 0.252 e. The Morgan fingerprint density at radius 1 is 1.35 bits per heavy atom. The van der Waals surface area contributed by atoms with Crippen LogP contribution >= 0.6 is 0 Å². The molecule has 0 bridgehead atoms. The molecule has 1 N–H and O–H groups in total. The number of rotatable bonds is 4. The largest absolute Gasteiger partial charge is 0.418 e. The highest BCUT2D eigenvalue weighted by molar-refractivity contribution is 5.80. The molecule has 0 fully saturated rings. The summed E-state index contributed by atoms with van der Waals surface area (Å²) in [4.78, 5) is 4.03. The molecule has 0 saturated carbocycles. The minimum Gasteiger partial charge on any atom is -0.418 e. The van der Waals surface area contributed by atoms with E-state index >= 15 is 0 Å². The van der Waals surface area contributed by atoms with Crippen LogP contribution in [-0.2, 0) is 5.41 Å². The molecule has 1 heterocycles. The van der Waals surface area contributed by atoms with Crippen molar-refractivity contribution in [1.82, 2.24) is 4.98 Å². The quantitative estimate of drug-likeness (QED) is 0.674. The summed E-state index contributed by atoms with van der Waals surface area (Å²) in [6.45, 7) is 12.0. The molecule has 0 atom stereocenters. The number of hydrogen-bond acceptors (Lipinski definition) is 5. The minimum atomic E-state index is 0.119.